The number of aryl methyl sites for hydroxylation is 2. The average Bonchev–Trinajstić information content (AvgIpc) is 3.24. The molecule has 48 heavy (non-hydrogen) atoms. The maximum atomic E-state index is 13.3. The molecule has 0 bridgehead atoms. The molecule has 12 heteroatoms. The van der Waals surface area contributed by atoms with Crippen molar-refractivity contribution in [1.82, 2.24) is 9.80 Å². The van der Waals surface area contributed by atoms with Crippen molar-refractivity contribution in [3.8, 4) is 0 Å². The van der Waals surface area contributed by atoms with E-state index in [0.717, 1.165) is 34.4 Å². The van der Waals surface area contributed by atoms with Crippen LogP contribution in [0, 0.1) is 13.8 Å². The highest BCUT2D eigenvalue weighted by Gasteiger charge is 2.33. The molecule has 2 aliphatic heterocycles. The average molecular weight is 653 g/mol. The number of likely N-dealkylation sites (tertiary alicyclic amines) is 1. The molecule has 0 aromatic heterocycles. The Morgan fingerprint density at radius 3 is 2.46 bits per heavy atom. The van der Waals surface area contributed by atoms with Crippen LogP contribution in [-0.2, 0) is 31.9 Å². The number of fused-ring (bicyclic) bond motifs is 1. The fraction of sp³-hybridized carbons (Fsp3) is 0.389. The number of piperidine rings is 1. The molecule has 1 saturated heterocycles. The van der Waals surface area contributed by atoms with Crippen LogP contribution < -0.4 is 11.1 Å². The summed E-state index contributed by atoms with van der Waals surface area (Å²) in [5.74, 6) is 3.69. The number of hydrogen-bond acceptors (Lipinski definition) is 8. The van der Waals surface area contributed by atoms with E-state index in [9.17, 15) is 19.2 Å². The molecule has 3 N–H and O–H groups in total. The molecule has 4 rings (SSSR count). The Morgan fingerprint density at radius 2 is 1.75 bits per heavy atom. The van der Waals surface area contributed by atoms with Crippen LogP contribution in [0.3, 0.4) is 0 Å². The van der Waals surface area contributed by atoms with E-state index in [2.05, 4.69) is 38.5 Å². The van der Waals surface area contributed by atoms with Gasteiger partial charge in [-0.2, -0.15) is 4.99 Å². The second kappa shape index (κ2) is 17.3. The molecule has 0 saturated carbocycles. The van der Waals surface area contributed by atoms with Crippen LogP contribution in [0.2, 0.25) is 0 Å². The first-order valence-corrected chi connectivity index (χ1v) is 15.9. The largest absolute Gasteiger partial charge is 0.465 e. The Labute approximate surface area is 280 Å². The summed E-state index contributed by atoms with van der Waals surface area (Å²) in [4.78, 5) is 61.7. The van der Waals surface area contributed by atoms with Gasteiger partial charge in [-0.05, 0) is 92.0 Å². The smallest absolute Gasteiger partial charge is 0.410 e. The maximum absolute atomic E-state index is 13.3. The van der Waals surface area contributed by atoms with Gasteiger partial charge in [0.2, 0.25) is 0 Å². The van der Waals surface area contributed by atoms with Gasteiger partial charge in [-0.1, -0.05) is 30.3 Å². The topological polar surface area (TPSA) is 156 Å². The zero-order chi connectivity index (χ0) is 34.5. The van der Waals surface area contributed by atoms with E-state index < -0.39 is 24.1 Å². The quantitative estimate of drug-likeness (QED) is 0.134. The summed E-state index contributed by atoms with van der Waals surface area (Å²) in [5.41, 5.74) is 16.3. The number of nitrogens with two attached hydrogens (primary N) is 1. The number of carbonyl (C=O) groups is 4. The van der Waals surface area contributed by atoms with E-state index in [0.29, 0.717) is 38.2 Å². The summed E-state index contributed by atoms with van der Waals surface area (Å²) in [7, 11) is 0. The second-order valence-electron chi connectivity index (χ2n) is 11.4. The SMILES string of the molecule is CCOC(=O)CN=C=C=CC=C=C=NC(=O)[C@@H](Cc1cc(C)c(N)c(C)c1)OC(=O)N1CCC(N2CCc3ccccc3NC2=O)CC1. The predicted octanol–water partition coefficient (Wildman–Crippen LogP) is 4.34. The Kier molecular flexibility index (Phi) is 12.7. The van der Waals surface area contributed by atoms with E-state index in [1.807, 2.05) is 55.1 Å². The maximum Gasteiger partial charge on any atom is 0.410 e. The van der Waals surface area contributed by atoms with Gasteiger partial charge < -0.3 is 30.3 Å². The molecule has 2 aromatic rings. The molecule has 2 aliphatic rings. The molecule has 2 aromatic carbocycles. The molecule has 0 aliphatic carbocycles. The number of esters is 1. The van der Waals surface area contributed by atoms with Gasteiger partial charge in [0.1, 0.15) is 6.54 Å². The van der Waals surface area contributed by atoms with E-state index in [4.69, 9.17) is 15.2 Å². The standard InChI is InChI=1S/C36H40N6O6/c1-4-47-32(43)24-38-16-9-5-6-10-17-39-34(44)31(23-27-21-25(2)33(37)26(3)22-27)48-36(46)41-18-14-29(15-19-41)42-20-13-28-11-7-8-12-30(28)40-35(42)45/h5-8,11-12,21-22,29,31H,4,13-15,18-20,23-24,37H2,1-3H3,(H,40,45)/t31-/m1/s1. The Hall–Kier alpha value is -5.62. The number of para-hydroxylation sites is 1. The van der Waals surface area contributed by atoms with Gasteiger partial charge in [0.05, 0.1) is 6.61 Å². The predicted molar refractivity (Wildman–Crippen MR) is 182 cm³/mol. The van der Waals surface area contributed by atoms with Gasteiger partial charge in [-0.15, -0.1) is 0 Å². The normalized spacial score (nSPS) is 14.7. The lowest BCUT2D eigenvalue weighted by Crippen LogP contribution is -2.50. The molecular weight excluding hydrogens is 612 g/mol. The van der Waals surface area contributed by atoms with Crippen LogP contribution in [0.5, 0.6) is 0 Å². The van der Waals surface area contributed by atoms with Crippen molar-refractivity contribution < 1.29 is 28.7 Å². The molecule has 4 amide bonds. The first-order chi connectivity index (χ1) is 23.2. The monoisotopic (exact) mass is 652 g/mol. The van der Waals surface area contributed by atoms with Crippen LogP contribution in [0.1, 0.15) is 42.0 Å². The minimum Gasteiger partial charge on any atom is -0.465 e. The number of nitrogens with one attached hydrogen (secondary N) is 1. The summed E-state index contributed by atoms with van der Waals surface area (Å²) >= 11 is 0. The fourth-order valence-electron chi connectivity index (χ4n) is 5.54. The number of amides is 4. The minimum absolute atomic E-state index is 0.0317. The Balaban J connectivity index is 1.41. The van der Waals surface area contributed by atoms with Crippen molar-refractivity contribution in [3.05, 3.63) is 82.3 Å². The van der Waals surface area contributed by atoms with Gasteiger partial charge in [0, 0.05) is 55.2 Å². The number of aliphatic imine (C=N–C) groups is 2. The zero-order valence-corrected chi connectivity index (χ0v) is 27.5. The van der Waals surface area contributed by atoms with Crippen molar-refractivity contribution >= 4 is 47.1 Å². The summed E-state index contributed by atoms with van der Waals surface area (Å²) in [6.45, 7) is 6.88. The van der Waals surface area contributed by atoms with Gasteiger partial charge in [0.25, 0.3) is 5.91 Å². The summed E-state index contributed by atoms with van der Waals surface area (Å²) < 4.78 is 10.5. The van der Waals surface area contributed by atoms with E-state index in [1.54, 1.807) is 11.8 Å². The van der Waals surface area contributed by atoms with E-state index in [1.165, 1.54) is 12.2 Å². The summed E-state index contributed by atoms with van der Waals surface area (Å²) in [6.07, 6.45) is 2.92. The van der Waals surface area contributed by atoms with Crippen molar-refractivity contribution in [1.29, 1.82) is 0 Å². The number of anilines is 2. The number of urea groups is 1. The Morgan fingerprint density at radius 1 is 1.06 bits per heavy atom. The third-order valence-electron chi connectivity index (χ3n) is 8.04. The van der Waals surface area contributed by atoms with E-state index >= 15 is 0 Å². The number of hydrogen-bond donors (Lipinski definition) is 2. The van der Waals surface area contributed by atoms with Gasteiger partial charge in [-0.3, -0.25) is 9.59 Å². The van der Waals surface area contributed by atoms with Crippen LogP contribution in [0.15, 0.2) is 70.0 Å². The fourth-order valence-corrected chi connectivity index (χ4v) is 5.54. The first kappa shape index (κ1) is 35.2. The van der Waals surface area contributed by atoms with Crippen LogP contribution in [0.4, 0.5) is 21.0 Å². The number of nitrogens with zero attached hydrogens (tertiary/aromatic N) is 4. The van der Waals surface area contributed by atoms with Crippen molar-refractivity contribution in [2.75, 3.05) is 43.8 Å². The third-order valence-corrected chi connectivity index (χ3v) is 8.04. The lowest BCUT2D eigenvalue weighted by Gasteiger charge is -2.37. The molecule has 1 atom stereocenters. The lowest BCUT2D eigenvalue weighted by molar-refractivity contribution is -0.141. The van der Waals surface area contributed by atoms with Crippen LogP contribution >= 0.6 is 0 Å². The highest BCUT2D eigenvalue weighted by atomic mass is 16.6. The van der Waals surface area contributed by atoms with Crippen molar-refractivity contribution in [2.45, 2.75) is 58.6 Å². The highest BCUT2D eigenvalue weighted by Crippen LogP contribution is 2.25. The molecule has 12 nitrogen and oxygen atoms in total. The van der Waals surface area contributed by atoms with Crippen molar-refractivity contribution in [3.63, 3.8) is 0 Å². The molecule has 2 heterocycles. The number of allylic oxidation sites excluding steroid dienone is 2. The van der Waals surface area contributed by atoms with Crippen LogP contribution in [-0.4, -0.2) is 90.5 Å². The molecule has 0 spiro atoms. The number of nitrogen functional groups attached to an aromatic ring is 1. The molecule has 250 valence electrons. The highest BCUT2D eigenvalue weighted by molar-refractivity contribution is 5.91. The number of ether oxygens (including phenoxy) is 2. The Bertz CT molecular complexity index is 1710. The lowest BCUT2D eigenvalue weighted by atomic mass is 10.00. The number of rotatable bonds is 9. The number of benzene rings is 2. The van der Waals surface area contributed by atoms with Gasteiger partial charge >= 0.3 is 18.1 Å². The second-order valence-corrected chi connectivity index (χ2v) is 11.4. The van der Waals surface area contributed by atoms with Crippen LogP contribution in [0.25, 0.3) is 0 Å². The molecule has 1 fully saturated rings. The minimum atomic E-state index is -1.22. The summed E-state index contributed by atoms with van der Waals surface area (Å²) in [5, 5.41) is 3.00. The summed E-state index contributed by atoms with van der Waals surface area (Å²) in [6, 6.07) is 11.3. The number of carbonyl (C=O) groups excluding carboxylic acids is 4. The van der Waals surface area contributed by atoms with Gasteiger partial charge in [-0.25, -0.2) is 14.6 Å². The van der Waals surface area contributed by atoms with E-state index in [-0.39, 0.29) is 31.6 Å². The van der Waals surface area contributed by atoms with Gasteiger partial charge in [0.15, 0.2) is 6.10 Å². The van der Waals surface area contributed by atoms with Crippen molar-refractivity contribution in [2.24, 2.45) is 9.98 Å². The third kappa shape index (κ3) is 9.94. The molecular formula is C36H40N6O6. The molecule has 0 unspecified atom stereocenters. The zero-order valence-electron chi connectivity index (χ0n) is 27.5. The molecule has 0 radical (unpaired) electrons. The first-order valence-electron chi connectivity index (χ1n) is 15.9.